The number of rotatable bonds is 3. The average Bonchev–Trinajstić information content (AvgIpc) is 2.88. The van der Waals surface area contributed by atoms with Crippen LogP contribution in [0.5, 0.6) is 0 Å². The van der Waals surface area contributed by atoms with E-state index in [4.69, 9.17) is 5.84 Å². The SMILES string of the molecule is Cc1c(NN)nc(C(C)C)nc1-n1ccc(C(F)(F)F)n1. The van der Waals surface area contributed by atoms with Crippen LogP contribution < -0.4 is 11.3 Å². The van der Waals surface area contributed by atoms with E-state index < -0.39 is 11.9 Å². The van der Waals surface area contributed by atoms with E-state index in [1.807, 2.05) is 13.8 Å². The minimum absolute atomic E-state index is 0.00546. The highest BCUT2D eigenvalue weighted by molar-refractivity contribution is 5.50. The van der Waals surface area contributed by atoms with Crippen LogP contribution in [0.2, 0.25) is 0 Å². The Kier molecular flexibility index (Phi) is 3.86. The van der Waals surface area contributed by atoms with Crippen molar-refractivity contribution in [2.75, 3.05) is 5.43 Å². The third-order valence-corrected chi connectivity index (χ3v) is 2.89. The molecule has 3 N–H and O–H groups in total. The Bertz CT molecular complexity index is 647. The van der Waals surface area contributed by atoms with E-state index in [-0.39, 0.29) is 11.7 Å². The summed E-state index contributed by atoms with van der Waals surface area (Å²) in [5.74, 6) is 6.47. The molecule has 0 unspecified atom stereocenters. The molecule has 0 aromatic carbocycles. The van der Waals surface area contributed by atoms with Crippen molar-refractivity contribution in [1.29, 1.82) is 0 Å². The van der Waals surface area contributed by atoms with E-state index in [9.17, 15) is 13.2 Å². The molecule has 0 spiro atoms. The van der Waals surface area contributed by atoms with Crippen molar-refractivity contribution in [2.45, 2.75) is 32.9 Å². The smallest absolute Gasteiger partial charge is 0.308 e. The van der Waals surface area contributed by atoms with Gasteiger partial charge in [-0.2, -0.15) is 18.3 Å². The van der Waals surface area contributed by atoms with Crippen LogP contribution in [0.4, 0.5) is 19.0 Å². The highest BCUT2D eigenvalue weighted by Crippen LogP contribution is 2.28. The summed E-state index contributed by atoms with van der Waals surface area (Å²) in [5.41, 5.74) is 1.96. The lowest BCUT2D eigenvalue weighted by Gasteiger charge is -2.13. The van der Waals surface area contributed by atoms with Gasteiger partial charge < -0.3 is 5.43 Å². The second-order valence-electron chi connectivity index (χ2n) is 4.82. The molecule has 2 heterocycles. The fourth-order valence-corrected chi connectivity index (χ4v) is 1.74. The number of hydrazine groups is 1. The maximum absolute atomic E-state index is 12.6. The third-order valence-electron chi connectivity index (χ3n) is 2.89. The maximum Gasteiger partial charge on any atom is 0.435 e. The summed E-state index contributed by atoms with van der Waals surface area (Å²) >= 11 is 0. The Morgan fingerprint density at radius 2 is 1.95 bits per heavy atom. The van der Waals surface area contributed by atoms with E-state index in [0.717, 1.165) is 10.7 Å². The molecule has 0 saturated heterocycles. The number of nitrogens with two attached hydrogens (primary N) is 1. The number of anilines is 1. The van der Waals surface area contributed by atoms with Crippen LogP contribution in [0.3, 0.4) is 0 Å². The zero-order chi connectivity index (χ0) is 15.8. The van der Waals surface area contributed by atoms with Crippen molar-refractivity contribution in [3.63, 3.8) is 0 Å². The molecule has 114 valence electrons. The van der Waals surface area contributed by atoms with Crippen LogP contribution in [0.15, 0.2) is 12.3 Å². The number of hydrogen-bond acceptors (Lipinski definition) is 5. The molecular weight excluding hydrogens is 285 g/mol. The van der Waals surface area contributed by atoms with Crippen molar-refractivity contribution < 1.29 is 13.2 Å². The summed E-state index contributed by atoms with van der Waals surface area (Å²) < 4.78 is 39.0. The molecule has 6 nitrogen and oxygen atoms in total. The number of nitrogen functional groups attached to an aromatic ring is 1. The van der Waals surface area contributed by atoms with E-state index in [2.05, 4.69) is 20.5 Å². The molecule has 2 rings (SSSR count). The quantitative estimate of drug-likeness (QED) is 0.672. The minimum atomic E-state index is -4.50. The Labute approximate surface area is 119 Å². The van der Waals surface area contributed by atoms with E-state index in [0.29, 0.717) is 17.2 Å². The second-order valence-corrected chi connectivity index (χ2v) is 4.82. The average molecular weight is 300 g/mol. The van der Waals surface area contributed by atoms with E-state index >= 15 is 0 Å². The predicted octanol–water partition coefficient (Wildman–Crippen LogP) is 2.40. The topological polar surface area (TPSA) is 81.6 Å². The Hall–Kier alpha value is -2.16. The molecular formula is C12H15F3N6. The molecule has 0 aliphatic heterocycles. The summed E-state index contributed by atoms with van der Waals surface area (Å²) in [4.78, 5) is 8.49. The Morgan fingerprint density at radius 3 is 2.43 bits per heavy atom. The standard InChI is InChI=1S/C12H15F3N6/c1-6(2)9-17-10(19-16)7(3)11(18-9)21-5-4-8(20-21)12(13,14)15/h4-6H,16H2,1-3H3,(H,17,18,19). The lowest BCUT2D eigenvalue weighted by atomic mass is 10.2. The Balaban J connectivity index is 2.57. The van der Waals surface area contributed by atoms with Crippen LogP contribution in [-0.4, -0.2) is 19.7 Å². The van der Waals surface area contributed by atoms with Crippen molar-refractivity contribution >= 4 is 5.82 Å². The van der Waals surface area contributed by atoms with Gasteiger partial charge in [0, 0.05) is 17.7 Å². The predicted molar refractivity (Wildman–Crippen MR) is 70.8 cm³/mol. The molecule has 2 aromatic heterocycles. The van der Waals surface area contributed by atoms with E-state index in [1.165, 1.54) is 6.20 Å². The second kappa shape index (κ2) is 5.32. The van der Waals surface area contributed by atoms with Crippen molar-refractivity contribution in [2.24, 2.45) is 5.84 Å². The van der Waals surface area contributed by atoms with Crippen LogP contribution in [0.25, 0.3) is 5.82 Å². The molecule has 0 fully saturated rings. The molecule has 0 aliphatic carbocycles. The van der Waals surface area contributed by atoms with Gasteiger partial charge in [0.1, 0.15) is 11.6 Å². The number of aromatic nitrogens is 4. The van der Waals surface area contributed by atoms with Gasteiger partial charge in [0.05, 0.1) is 0 Å². The molecule has 0 atom stereocenters. The lowest BCUT2D eigenvalue weighted by molar-refractivity contribution is -0.141. The first kappa shape index (κ1) is 15.2. The number of nitrogens with one attached hydrogen (secondary N) is 1. The van der Waals surface area contributed by atoms with Gasteiger partial charge in [0.25, 0.3) is 0 Å². The fraction of sp³-hybridized carbons (Fsp3) is 0.417. The minimum Gasteiger partial charge on any atom is -0.308 e. The van der Waals surface area contributed by atoms with Gasteiger partial charge in [0.2, 0.25) is 0 Å². The van der Waals surface area contributed by atoms with Gasteiger partial charge >= 0.3 is 6.18 Å². The third kappa shape index (κ3) is 2.97. The summed E-state index contributed by atoms with van der Waals surface area (Å²) in [6.45, 7) is 5.40. The molecule has 0 amide bonds. The zero-order valence-electron chi connectivity index (χ0n) is 11.7. The highest BCUT2D eigenvalue weighted by Gasteiger charge is 2.34. The molecule has 2 aromatic rings. The first-order chi connectivity index (χ1) is 9.74. The van der Waals surface area contributed by atoms with Gasteiger partial charge in [-0.05, 0) is 13.0 Å². The first-order valence-electron chi connectivity index (χ1n) is 6.22. The van der Waals surface area contributed by atoms with Crippen molar-refractivity contribution in [3.05, 3.63) is 29.3 Å². The van der Waals surface area contributed by atoms with Gasteiger partial charge in [-0.15, -0.1) is 0 Å². The molecule has 0 aliphatic rings. The van der Waals surface area contributed by atoms with Crippen molar-refractivity contribution in [3.8, 4) is 5.82 Å². The van der Waals surface area contributed by atoms with Crippen LogP contribution in [0, 0.1) is 6.92 Å². The molecule has 0 saturated carbocycles. The number of hydrogen-bond donors (Lipinski definition) is 2. The van der Waals surface area contributed by atoms with Gasteiger partial charge in [-0.25, -0.2) is 20.5 Å². The number of nitrogens with zero attached hydrogens (tertiary/aromatic N) is 4. The molecule has 21 heavy (non-hydrogen) atoms. The summed E-state index contributed by atoms with van der Waals surface area (Å²) in [7, 11) is 0. The normalized spacial score (nSPS) is 12.0. The largest absolute Gasteiger partial charge is 0.435 e. The summed E-state index contributed by atoms with van der Waals surface area (Å²) in [6, 6.07) is 0.895. The van der Waals surface area contributed by atoms with Crippen LogP contribution in [0.1, 0.15) is 36.8 Å². The van der Waals surface area contributed by atoms with Gasteiger partial charge in [0.15, 0.2) is 11.5 Å². The molecule has 0 bridgehead atoms. The number of alkyl halides is 3. The highest BCUT2D eigenvalue weighted by atomic mass is 19.4. The first-order valence-corrected chi connectivity index (χ1v) is 6.22. The summed E-state index contributed by atoms with van der Waals surface area (Å²) in [5, 5.41) is 3.52. The molecule has 9 heteroatoms. The van der Waals surface area contributed by atoms with Crippen molar-refractivity contribution in [1.82, 2.24) is 19.7 Å². The summed E-state index contributed by atoms with van der Waals surface area (Å²) in [6.07, 6.45) is -3.29. The van der Waals surface area contributed by atoms with Gasteiger partial charge in [-0.1, -0.05) is 13.8 Å². The monoisotopic (exact) mass is 300 g/mol. The fourth-order valence-electron chi connectivity index (χ4n) is 1.74. The zero-order valence-corrected chi connectivity index (χ0v) is 11.7. The Morgan fingerprint density at radius 1 is 1.29 bits per heavy atom. The van der Waals surface area contributed by atoms with Crippen LogP contribution in [-0.2, 0) is 6.18 Å². The maximum atomic E-state index is 12.6. The van der Waals surface area contributed by atoms with Crippen LogP contribution >= 0.6 is 0 Å². The number of halogens is 3. The van der Waals surface area contributed by atoms with E-state index in [1.54, 1.807) is 6.92 Å². The molecule has 0 radical (unpaired) electrons. The lowest BCUT2D eigenvalue weighted by Crippen LogP contribution is -2.16. The van der Waals surface area contributed by atoms with Gasteiger partial charge in [-0.3, -0.25) is 0 Å².